The van der Waals surface area contributed by atoms with Gasteiger partial charge in [0, 0.05) is 12.4 Å². The standard InChI is InChI=1S/C8H5N3O2/c9-5-6-8(7(13)1-4-12)11-3-2-10-6/h2-4H,1H2. The minimum atomic E-state index is -0.486. The maximum atomic E-state index is 11.1. The van der Waals surface area contributed by atoms with Gasteiger partial charge in [-0.25, -0.2) is 9.97 Å². The average molecular weight is 175 g/mol. The smallest absolute Gasteiger partial charge is 0.191 e. The Kier molecular flexibility index (Phi) is 2.82. The van der Waals surface area contributed by atoms with Crippen molar-refractivity contribution in [1.29, 1.82) is 5.26 Å². The van der Waals surface area contributed by atoms with Gasteiger partial charge in [0.1, 0.15) is 18.0 Å². The largest absolute Gasteiger partial charge is 0.303 e. The van der Waals surface area contributed by atoms with Crippen molar-refractivity contribution in [2.75, 3.05) is 0 Å². The van der Waals surface area contributed by atoms with Gasteiger partial charge in [0.2, 0.25) is 0 Å². The highest BCUT2D eigenvalue weighted by Crippen LogP contribution is 2.02. The second-order valence-corrected chi connectivity index (χ2v) is 2.16. The molecule has 0 aliphatic heterocycles. The summed E-state index contributed by atoms with van der Waals surface area (Å²) in [5.41, 5.74) is -0.0912. The van der Waals surface area contributed by atoms with Gasteiger partial charge in [-0.15, -0.1) is 0 Å². The highest BCUT2D eigenvalue weighted by molar-refractivity contribution is 6.02. The van der Waals surface area contributed by atoms with Crippen molar-refractivity contribution in [3.8, 4) is 6.07 Å². The van der Waals surface area contributed by atoms with E-state index >= 15 is 0 Å². The summed E-state index contributed by atoms with van der Waals surface area (Å²) in [5.74, 6) is -0.486. The highest BCUT2D eigenvalue weighted by atomic mass is 16.1. The number of aldehydes is 1. The Balaban J connectivity index is 3.07. The third kappa shape index (κ3) is 1.93. The molecular weight excluding hydrogens is 170 g/mol. The fourth-order valence-electron chi connectivity index (χ4n) is 0.796. The van der Waals surface area contributed by atoms with Crippen molar-refractivity contribution in [3.05, 3.63) is 23.8 Å². The van der Waals surface area contributed by atoms with E-state index in [1.165, 1.54) is 12.4 Å². The van der Waals surface area contributed by atoms with E-state index in [0.29, 0.717) is 6.29 Å². The van der Waals surface area contributed by atoms with Gasteiger partial charge in [0.25, 0.3) is 0 Å². The number of ketones is 1. The lowest BCUT2D eigenvalue weighted by Crippen LogP contribution is -2.06. The molecule has 0 atom stereocenters. The molecule has 1 heterocycles. The first-order chi connectivity index (χ1) is 6.29. The summed E-state index contributed by atoms with van der Waals surface area (Å²) in [5, 5.41) is 8.54. The Morgan fingerprint density at radius 3 is 2.85 bits per heavy atom. The maximum absolute atomic E-state index is 11.1. The van der Waals surface area contributed by atoms with E-state index in [2.05, 4.69) is 9.97 Å². The van der Waals surface area contributed by atoms with Gasteiger partial charge in [0.15, 0.2) is 11.5 Å². The number of rotatable bonds is 3. The number of nitriles is 1. The summed E-state index contributed by atoms with van der Waals surface area (Å²) >= 11 is 0. The molecule has 1 aromatic rings. The Hall–Kier alpha value is -2.09. The van der Waals surface area contributed by atoms with E-state index in [1.807, 2.05) is 0 Å². The SMILES string of the molecule is N#Cc1nccnc1C(=O)CC=O. The molecular formula is C8H5N3O2. The van der Waals surface area contributed by atoms with Crippen LogP contribution in [0.3, 0.4) is 0 Å². The van der Waals surface area contributed by atoms with Crippen LogP contribution in [0.5, 0.6) is 0 Å². The lowest BCUT2D eigenvalue weighted by molar-refractivity contribution is -0.107. The van der Waals surface area contributed by atoms with Crippen LogP contribution >= 0.6 is 0 Å². The molecule has 13 heavy (non-hydrogen) atoms. The summed E-state index contributed by atoms with van der Waals surface area (Å²) < 4.78 is 0. The van der Waals surface area contributed by atoms with E-state index < -0.39 is 5.78 Å². The highest BCUT2D eigenvalue weighted by Gasteiger charge is 2.12. The van der Waals surface area contributed by atoms with Crippen LogP contribution in [0.2, 0.25) is 0 Å². The fraction of sp³-hybridized carbons (Fsp3) is 0.125. The Bertz CT molecular complexity index is 381. The minimum Gasteiger partial charge on any atom is -0.303 e. The number of aromatic nitrogens is 2. The molecule has 0 saturated heterocycles. The third-order valence-electron chi connectivity index (χ3n) is 1.34. The predicted octanol–water partition coefficient (Wildman–Crippen LogP) is 0.120. The molecule has 0 N–H and O–H groups in total. The summed E-state index contributed by atoms with van der Waals surface area (Å²) in [6, 6.07) is 1.72. The van der Waals surface area contributed by atoms with Gasteiger partial charge in [0.05, 0.1) is 6.42 Å². The van der Waals surface area contributed by atoms with Gasteiger partial charge in [-0.1, -0.05) is 0 Å². The van der Waals surface area contributed by atoms with Crippen molar-refractivity contribution in [1.82, 2.24) is 9.97 Å². The molecule has 0 unspecified atom stereocenters. The van der Waals surface area contributed by atoms with Crippen molar-refractivity contribution in [2.24, 2.45) is 0 Å². The molecule has 0 amide bonds. The Morgan fingerprint density at radius 2 is 2.23 bits per heavy atom. The normalized spacial score (nSPS) is 8.85. The topological polar surface area (TPSA) is 83.7 Å². The summed E-state index contributed by atoms with van der Waals surface area (Å²) in [4.78, 5) is 28.5. The number of carbonyl (C=O) groups excluding carboxylic acids is 2. The molecule has 0 saturated carbocycles. The second-order valence-electron chi connectivity index (χ2n) is 2.16. The van der Waals surface area contributed by atoms with Crippen molar-refractivity contribution < 1.29 is 9.59 Å². The van der Waals surface area contributed by atoms with Crippen LogP contribution < -0.4 is 0 Å². The zero-order chi connectivity index (χ0) is 9.68. The van der Waals surface area contributed by atoms with E-state index in [0.717, 1.165) is 0 Å². The number of carbonyl (C=O) groups is 2. The molecule has 0 aromatic carbocycles. The molecule has 0 bridgehead atoms. The van der Waals surface area contributed by atoms with Crippen molar-refractivity contribution >= 4 is 12.1 Å². The summed E-state index contributed by atoms with van der Waals surface area (Å²) in [7, 11) is 0. The minimum absolute atomic E-state index is 0.0444. The molecule has 5 nitrogen and oxygen atoms in total. The van der Waals surface area contributed by atoms with E-state index in [-0.39, 0.29) is 17.8 Å². The second kappa shape index (κ2) is 4.07. The molecule has 0 aliphatic rings. The number of Topliss-reactive ketones (excluding diaryl/α,β-unsaturated/α-hetero) is 1. The first-order valence-electron chi connectivity index (χ1n) is 3.47. The monoisotopic (exact) mass is 175 g/mol. The fourth-order valence-corrected chi connectivity index (χ4v) is 0.796. The van der Waals surface area contributed by atoms with Crippen molar-refractivity contribution in [3.63, 3.8) is 0 Å². The van der Waals surface area contributed by atoms with Gasteiger partial charge in [-0.3, -0.25) is 4.79 Å². The molecule has 0 spiro atoms. The van der Waals surface area contributed by atoms with E-state index in [9.17, 15) is 9.59 Å². The van der Waals surface area contributed by atoms with Crippen LogP contribution in [-0.2, 0) is 4.79 Å². The zero-order valence-electron chi connectivity index (χ0n) is 6.60. The summed E-state index contributed by atoms with van der Waals surface area (Å²) in [6.07, 6.45) is 2.82. The third-order valence-corrected chi connectivity index (χ3v) is 1.34. The van der Waals surface area contributed by atoms with Gasteiger partial charge in [-0.2, -0.15) is 5.26 Å². The molecule has 1 aromatic heterocycles. The van der Waals surface area contributed by atoms with Crippen LogP contribution in [0.15, 0.2) is 12.4 Å². The first-order valence-corrected chi connectivity index (χ1v) is 3.47. The lowest BCUT2D eigenvalue weighted by atomic mass is 10.2. The number of hydrogen-bond acceptors (Lipinski definition) is 5. The molecule has 0 radical (unpaired) electrons. The molecule has 0 aliphatic carbocycles. The predicted molar refractivity (Wildman–Crippen MR) is 41.8 cm³/mol. The first kappa shape index (κ1) is 9.00. The Labute approximate surface area is 74.0 Å². The quantitative estimate of drug-likeness (QED) is 0.370. The summed E-state index contributed by atoms with van der Waals surface area (Å²) in [6.45, 7) is 0. The van der Waals surface area contributed by atoms with Gasteiger partial charge in [-0.05, 0) is 0 Å². The van der Waals surface area contributed by atoms with Crippen molar-refractivity contribution in [2.45, 2.75) is 6.42 Å². The van der Waals surface area contributed by atoms with Crippen LogP contribution in [0.4, 0.5) is 0 Å². The molecule has 64 valence electrons. The number of nitrogens with zero attached hydrogens (tertiary/aromatic N) is 3. The van der Waals surface area contributed by atoms with E-state index in [1.54, 1.807) is 6.07 Å². The lowest BCUT2D eigenvalue weighted by Gasteiger charge is -1.95. The van der Waals surface area contributed by atoms with Crippen LogP contribution in [0, 0.1) is 11.3 Å². The maximum Gasteiger partial charge on any atom is 0.191 e. The number of hydrogen-bond donors (Lipinski definition) is 0. The Morgan fingerprint density at radius 1 is 1.54 bits per heavy atom. The average Bonchev–Trinajstić information content (AvgIpc) is 2.18. The van der Waals surface area contributed by atoms with E-state index in [4.69, 9.17) is 5.26 Å². The van der Waals surface area contributed by atoms with Crippen LogP contribution in [0.1, 0.15) is 22.6 Å². The molecule has 0 fully saturated rings. The van der Waals surface area contributed by atoms with Crippen LogP contribution in [0.25, 0.3) is 0 Å². The molecule has 1 rings (SSSR count). The van der Waals surface area contributed by atoms with Crippen LogP contribution in [-0.4, -0.2) is 22.0 Å². The van der Waals surface area contributed by atoms with Gasteiger partial charge >= 0.3 is 0 Å². The van der Waals surface area contributed by atoms with Gasteiger partial charge < -0.3 is 4.79 Å². The molecule has 5 heteroatoms. The zero-order valence-corrected chi connectivity index (χ0v) is 6.60.